The normalized spacial score (nSPS) is 10.8. The van der Waals surface area contributed by atoms with Gasteiger partial charge in [0.15, 0.2) is 4.90 Å². The van der Waals surface area contributed by atoms with Crippen LogP contribution in [0.2, 0.25) is 0 Å². The summed E-state index contributed by atoms with van der Waals surface area (Å²) in [5.41, 5.74) is 0.0431. The Morgan fingerprint density at radius 1 is 1.09 bits per heavy atom. The highest BCUT2D eigenvalue weighted by atomic mass is 32.2. The summed E-state index contributed by atoms with van der Waals surface area (Å²) in [4.78, 5) is 21.0. The Balaban J connectivity index is 2.09. The molecule has 120 valence electrons. The molecule has 0 radical (unpaired) electrons. The number of sulfonamides is 1. The first-order valence-electron chi connectivity index (χ1n) is 6.37. The molecule has 0 saturated heterocycles. The standard InChI is InChI=1S/C14H12N2O6S/c17-14(22-10-11-6-2-1-3-7-11)15-23(20,21)13-9-5-4-8-12(13)16(18)19/h1-9H,10H2,(H,15,17). The van der Waals surface area contributed by atoms with Crippen molar-refractivity contribution in [1.29, 1.82) is 0 Å². The van der Waals surface area contributed by atoms with Crippen molar-refractivity contribution in [2.24, 2.45) is 0 Å². The van der Waals surface area contributed by atoms with Crippen molar-refractivity contribution in [2.75, 3.05) is 0 Å². The van der Waals surface area contributed by atoms with Crippen LogP contribution >= 0.6 is 0 Å². The van der Waals surface area contributed by atoms with Crippen molar-refractivity contribution in [1.82, 2.24) is 4.72 Å². The first kappa shape index (κ1) is 16.4. The molecule has 0 unspecified atom stereocenters. The average Bonchev–Trinajstić information content (AvgIpc) is 2.53. The lowest BCUT2D eigenvalue weighted by Gasteiger charge is -2.08. The minimum Gasteiger partial charge on any atom is -0.444 e. The quantitative estimate of drug-likeness (QED) is 0.661. The molecule has 0 saturated carbocycles. The molecule has 0 spiro atoms. The summed E-state index contributed by atoms with van der Waals surface area (Å²) in [5.74, 6) is 0. The fourth-order valence-electron chi connectivity index (χ4n) is 1.75. The Morgan fingerprint density at radius 2 is 1.70 bits per heavy atom. The molecule has 8 nitrogen and oxygen atoms in total. The summed E-state index contributed by atoms with van der Waals surface area (Å²) in [5, 5.41) is 10.9. The summed E-state index contributed by atoms with van der Waals surface area (Å²) in [6, 6.07) is 13.4. The number of carbonyl (C=O) groups is 1. The molecule has 2 aromatic carbocycles. The highest BCUT2D eigenvalue weighted by Crippen LogP contribution is 2.22. The maximum Gasteiger partial charge on any atom is 0.421 e. The fraction of sp³-hybridized carbons (Fsp3) is 0.0714. The maximum absolute atomic E-state index is 12.1. The number of nitro benzene ring substituents is 1. The number of nitrogens with one attached hydrogen (secondary N) is 1. The molecule has 0 bridgehead atoms. The van der Waals surface area contributed by atoms with Crippen LogP contribution < -0.4 is 4.72 Å². The second-order valence-corrected chi connectivity index (χ2v) is 6.04. The van der Waals surface area contributed by atoms with E-state index in [0.29, 0.717) is 5.56 Å². The van der Waals surface area contributed by atoms with E-state index < -0.39 is 31.6 Å². The van der Waals surface area contributed by atoms with Crippen LogP contribution in [0.5, 0.6) is 0 Å². The predicted octanol–water partition coefficient (Wildman–Crippen LogP) is 2.21. The lowest BCUT2D eigenvalue weighted by atomic mass is 10.2. The number of para-hydroxylation sites is 1. The maximum atomic E-state index is 12.1. The molecule has 0 aromatic heterocycles. The molecule has 2 rings (SSSR count). The Kier molecular flexibility index (Phi) is 4.91. The second kappa shape index (κ2) is 6.88. The molecule has 2 aromatic rings. The molecule has 0 heterocycles. The van der Waals surface area contributed by atoms with Crippen molar-refractivity contribution >= 4 is 21.8 Å². The van der Waals surface area contributed by atoms with Gasteiger partial charge in [0.2, 0.25) is 0 Å². The zero-order valence-electron chi connectivity index (χ0n) is 11.7. The third-order valence-electron chi connectivity index (χ3n) is 2.78. The van der Waals surface area contributed by atoms with Gasteiger partial charge in [-0.2, -0.15) is 0 Å². The van der Waals surface area contributed by atoms with E-state index in [1.807, 2.05) is 0 Å². The number of hydrogen-bond acceptors (Lipinski definition) is 6. The lowest BCUT2D eigenvalue weighted by molar-refractivity contribution is -0.387. The van der Waals surface area contributed by atoms with Crippen LogP contribution in [0.25, 0.3) is 0 Å². The summed E-state index contributed by atoms with van der Waals surface area (Å²) in [6.45, 7) is -0.126. The predicted molar refractivity (Wildman–Crippen MR) is 80.0 cm³/mol. The van der Waals surface area contributed by atoms with Gasteiger partial charge in [0.05, 0.1) is 4.92 Å². The molecule has 9 heteroatoms. The number of nitrogens with zero attached hydrogens (tertiary/aromatic N) is 1. The average molecular weight is 336 g/mol. The van der Waals surface area contributed by atoms with E-state index in [1.54, 1.807) is 35.1 Å². The summed E-state index contributed by atoms with van der Waals surface area (Å²) in [6.07, 6.45) is -1.22. The van der Waals surface area contributed by atoms with Crippen molar-refractivity contribution in [3.8, 4) is 0 Å². The van der Waals surface area contributed by atoms with Crippen LogP contribution in [0.4, 0.5) is 10.5 Å². The van der Waals surface area contributed by atoms with Gasteiger partial charge in [-0.05, 0) is 11.6 Å². The molecule has 0 aliphatic rings. The zero-order chi connectivity index (χ0) is 16.9. The highest BCUT2D eigenvalue weighted by Gasteiger charge is 2.27. The monoisotopic (exact) mass is 336 g/mol. The van der Waals surface area contributed by atoms with E-state index in [-0.39, 0.29) is 6.61 Å². The van der Waals surface area contributed by atoms with Gasteiger partial charge >= 0.3 is 6.09 Å². The third-order valence-corrected chi connectivity index (χ3v) is 4.14. The van der Waals surface area contributed by atoms with E-state index in [2.05, 4.69) is 0 Å². The number of carbonyl (C=O) groups excluding carboxylic acids is 1. The van der Waals surface area contributed by atoms with Gasteiger partial charge in [-0.1, -0.05) is 42.5 Å². The number of amides is 1. The van der Waals surface area contributed by atoms with Gasteiger partial charge < -0.3 is 4.74 Å². The number of rotatable bonds is 5. The Labute approximate surface area is 131 Å². The van der Waals surface area contributed by atoms with Gasteiger partial charge in [0.25, 0.3) is 15.7 Å². The van der Waals surface area contributed by atoms with Crippen molar-refractivity contribution < 1.29 is 22.9 Å². The minimum absolute atomic E-state index is 0.126. The summed E-state index contributed by atoms with van der Waals surface area (Å²) < 4.78 is 30.6. The Bertz CT molecular complexity index is 820. The third kappa shape index (κ3) is 4.27. The van der Waals surface area contributed by atoms with Crippen molar-refractivity contribution in [3.63, 3.8) is 0 Å². The first-order chi connectivity index (χ1) is 10.9. The largest absolute Gasteiger partial charge is 0.444 e. The molecule has 0 atom stereocenters. The minimum atomic E-state index is -4.41. The molecule has 23 heavy (non-hydrogen) atoms. The number of hydrogen-bond donors (Lipinski definition) is 1. The summed E-state index contributed by atoms with van der Waals surface area (Å²) in [7, 11) is -4.41. The van der Waals surface area contributed by atoms with Gasteiger partial charge in [-0.3, -0.25) is 10.1 Å². The van der Waals surface area contributed by atoms with E-state index in [0.717, 1.165) is 12.1 Å². The Hall–Kier alpha value is -2.94. The number of ether oxygens (including phenoxy) is 1. The molecule has 1 amide bonds. The number of benzene rings is 2. The van der Waals surface area contributed by atoms with Crippen LogP contribution in [-0.4, -0.2) is 19.4 Å². The van der Waals surface area contributed by atoms with Crippen molar-refractivity contribution in [2.45, 2.75) is 11.5 Å². The molecule has 0 fully saturated rings. The molecular weight excluding hydrogens is 324 g/mol. The second-order valence-electron chi connectivity index (χ2n) is 4.39. The van der Waals surface area contributed by atoms with E-state index >= 15 is 0 Å². The lowest BCUT2D eigenvalue weighted by Crippen LogP contribution is -2.31. The SMILES string of the molecule is O=C(NS(=O)(=O)c1ccccc1[N+](=O)[O-])OCc1ccccc1. The van der Waals surface area contributed by atoms with Crippen LogP contribution in [0.1, 0.15) is 5.56 Å². The molecule has 1 N–H and O–H groups in total. The van der Waals surface area contributed by atoms with Crippen LogP contribution in [0, 0.1) is 10.1 Å². The zero-order valence-corrected chi connectivity index (χ0v) is 12.5. The topological polar surface area (TPSA) is 116 Å². The molecule has 0 aliphatic carbocycles. The van der Waals surface area contributed by atoms with Gasteiger partial charge in [-0.15, -0.1) is 0 Å². The van der Waals surface area contributed by atoms with Gasteiger partial charge in [0.1, 0.15) is 6.61 Å². The van der Waals surface area contributed by atoms with E-state index in [1.165, 1.54) is 12.1 Å². The molecule has 0 aliphatic heterocycles. The number of nitro groups is 1. The van der Waals surface area contributed by atoms with E-state index in [9.17, 15) is 23.3 Å². The molecular formula is C14H12N2O6S. The smallest absolute Gasteiger partial charge is 0.421 e. The van der Waals surface area contributed by atoms with Crippen molar-refractivity contribution in [3.05, 3.63) is 70.3 Å². The fourth-order valence-corrected chi connectivity index (χ4v) is 2.82. The Morgan fingerprint density at radius 3 is 2.35 bits per heavy atom. The summed E-state index contributed by atoms with van der Waals surface area (Å²) >= 11 is 0. The van der Waals surface area contributed by atoms with Gasteiger partial charge in [-0.25, -0.2) is 17.9 Å². The van der Waals surface area contributed by atoms with Gasteiger partial charge in [0, 0.05) is 6.07 Å². The highest BCUT2D eigenvalue weighted by molar-refractivity contribution is 7.90. The van der Waals surface area contributed by atoms with Crippen LogP contribution in [0.15, 0.2) is 59.5 Å². The van der Waals surface area contributed by atoms with Crippen LogP contribution in [0.3, 0.4) is 0 Å². The van der Waals surface area contributed by atoms with E-state index in [4.69, 9.17) is 4.74 Å². The van der Waals surface area contributed by atoms with Crippen LogP contribution in [-0.2, 0) is 21.4 Å². The first-order valence-corrected chi connectivity index (χ1v) is 7.85.